The lowest BCUT2D eigenvalue weighted by atomic mass is 10.1. The molecule has 0 bridgehead atoms. The average molecular weight is 171 g/mol. The molecule has 2 heteroatoms. The minimum atomic E-state index is 0.646. The molecule has 0 aliphatic rings. The smallest absolute Gasteiger partial charge is 0.120 e. The predicted octanol–water partition coefficient (Wildman–Crippen LogP) is 2.10. The molecule has 1 aromatic heterocycles. The number of hydrogen-bond donors (Lipinski definition) is 1. The maximum Gasteiger partial charge on any atom is 0.120 e. The van der Waals surface area contributed by atoms with Crippen LogP contribution in [0.2, 0.25) is 0 Å². The third-order valence-corrected chi connectivity index (χ3v) is 2.08. The molecule has 0 amide bonds. The Morgan fingerprint density at radius 2 is 2.23 bits per heavy atom. The number of aromatic nitrogens is 1. The van der Waals surface area contributed by atoms with Gasteiger partial charge in [0.25, 0.3) is 0 Å². The fraction of sp³-hybridized carbons (Fsp3) is 0.0909. The molecule has 0 fully saturated rings. The van der Waals surface area contributed by atoms with Crippen LogP contribution in [0.4, 0.5) is 0 Å². The van der Waals surface area contributed by atoms with E-state index in [1.165, 1.54) is 11.5 Å². The van der Waals surface area contributed by atoms with E-state index >= 15 is 0 Å². The fourth-order valence-electron chi connectivity index (χ4n) is 1.45. The first-order chi connectivity index (χ1) is 6.42. The van der Waals surface area contributed by atoms with Gasteiger partial charge < -0.3 is 4.98 Å². The Balaban J connectivity index is 2.51. The van der Waals surface area contributed by atoms with E-state index in [4.69, 9.17) is 0 Å². The lowest BCUT2D eigenvalue weighted by molar-refractivity contribution is 0.568. The quantitative estimate of drug-likeness (QED) is 0.689. The number of allylic oxidation sites excluding steroid dienone is 1. The van der Waals surface area contributed by atoms with Gasteiger partial charge in [0, 0.05) is 29.6 Å². The zero-order valence-electron chi connectivity index (χ0n) is 7.08. The summed E-state index contributed by atoms with van der Waals surface area (Å²) in [4.78, 5) is 13.2. The van der Waals surface area contributed by atoms with E-state index in [1.807, 2.05) is 30.5 Å². The first-order valence-corrected chi connectivity index (χ1v) is 4.16. The third kappa shape index (κ3) is 1.40. The number of fused-ring (bicyclic) bond motifs is 1. The van der Waals surface area contributed by atoms with Crippen molar-refractivity contribution in [3.63, 3.8) is 0 Å². The van der Waals surface area contributed by atoms with E-state index in [-0.39, 0.29) is 0 Å². The van der Waals surface area contributed by atoms with Gasteiger partial charge >= 0.3 is 0 Å². The van der Waals surface area contributed by atoms with Crippen molar-refractivity contribution in [2.45, 2.75) is 6.42 Å². The Bertz CT molecular complexity index is 464. The van der Waals surface area contributed by atoms with E-state index in [1.54, 1.807) is 5.94 Å². The largest absolute Gasteiger partial charge is 0.361 e. The summed E-state index contributed by atoms with van der Waals surface area (Å²) < 4.78 is 0. The molecule has 0 spiro atoms. The van der Waals surface area contributed by atoms with Crippen LogP contribution in [0, 0.1) is 0 Å². The summed E-state index contributed by atoms with van der Waals surface area (Å²) in [6.07, 6.45) is 4.07. The second-order valence-corrected chi connectivity index (χ2v) is 2.89. The van der Waals surface area contributed by atoms with Crippen LogP contribution in [0.3, 0.4) is 0 Å². The molecule has 0 unspecified atom stereocenters. The Morgan fingerprint density at radius 3 is 3.08 bits per heavy atom. The van der Waals surface area contributed by atoms with Crippen molar-refractivity contribution in [2.75, 3.05) is 0 Å². The van der Waals surface area contributed by atoms with Gasteiger partial charge in [0.15, 0.2) is 0 Å². The summed E-state index contributed by atoms with van der Waals surface area (Å²) in [6, 6.07) is 8.03. The number of rotatable bonds is 2. The second-order valence-electron chi connectivity index (χ2n) is 2.89. The topological polar surface area (TPSA) is 32.9 Å². The molecular weight excluding hydrogens is 162 g/mol. The maximum atomic E-state index is 10.0. The molecule has 2 rings (SSSR count). The van der Waals surface area contributed by atoms with Gasteiger partial charge in [0.1, 0.15) is 5.94 Å². The van der Waals surface area contributed by atoms with E-state index in [2.05, 4.69) is 4.98 Å². The molecule has 64 valence electrons. The highest BCUT2D eigenvalue weighted by molar-refractivity contribution is 5.83. The minimum absolute atomic E-state index is 0.646. The molecule has 0 radical (unpaired) electrons. The molecule has 0 atom stereocenters. The monoisotopic (exact) mass is 171 g/mol. The summed E-state index contributed by atoms with van der Waals surface area (Å²) in [5, 5.41) is 1.18. The molecule has 1 N–H and O–H groups in total. The molecule has 2 nitrogen and oxygen atoms in total. The van der Waals surface area contributed by atoms with Crippen molar-refractivity contribution in [1.82, 2.24) is 4.98 Å². The molecular formula is C11H9NO. The highest BCUT2D eigenvalue weighted by atomic mass is 16.1. The molecule has 1 aromatic carbocycles. The first-order valence-electron chi connectivity index (χ1n) is 4.16. The molecule has 1 heterocycles. The second kappa shape index (κ2) is 3.30. The lowest BCUT2D eigenvalue weighted by Gasteiger charge is -1.91. The number of hydrogen-bond acceptors (Lipinski definition) is 1. The molecule has 0 saturated carbocycles. The van der Waals surface area contributed by atoms with Crippen molar-refractivity contribution < 1.29 is 4.79 Å². The predicted molar refractivity (Wildman–Crippen MR) is 52.3 cm³/mol. The van der Waals surface area contributed by atoms with Gasteiger partial charge in [-0.25, -0.2) is 4.79 Å². The summed E-state index contributed by atoms with van der Waals surface area (Å²) in [5.74, 6) is 1.78. The van der Waals surface area contributed by atoms with Crippen LogP contribution >= 0.6 is 0 Å². The average Bonchev–Trinajstić information content (AvgIpc) is 2.58. The van der Waals surface area contributed by atoms with Crippen molar-refractivity contribution in [1.29, 1.82) is 0 Å². The number of aromatic amines is 1. The van der Waals surface area contributed by atoms with Crippen LogP contribution in [0.25, 0.3) is 10.9 Å². The van der Waals surface area contributed by atoms with Gasteiger partial charge in [0.05, 0.1) is 0 Å². The first kappa shape index (κ1) is 7.84. The summed E-state index contributed by atoms with van der Waals surface area (Å²) >= 11 is 0. The zero-order valence-corrected chi connectivity index (χ0v) is 7.08. The van der Waals surface area contributed by atoms with Crippen LogP contribution in [0.1, 0.15) is 5.56 Å². The SMILES string of the molecule is O=C=CCc1c[nH]c2ccccc12. The summed E-state index contributed by atoms with van der Waals surface area (Å²) in [5.41, 5.74) is 2.25. The highest BCUT2D eigenvalue weighted by Gasteiger charge is 1.99. The third-order valence-electron chi connectivity index (χ3n) is 2.08. The van der Waals surface area contributed by atoms with Gasteiger partial charge in [-0.3, -0.25) is 0 Å². The standard InChI is InChI=1S/C11H9NO/c13-7-3-4-9-8-12-11-6-2-1-5-10(9)11/h1-3,5-6,8,12H,4H2. The van der Waals surface area contributed by atoms with Crippen molar-refractivity contribution in [3.05, 3.63) is 42.1 Å². The van der Waals surface area contributed by atoms with E-state index in [9.17, 15) is 4.79 Å². The summed E-state index contributed by atoms with van der Waals surface area (Å²) in [7, 11) is 0. The number of nitrogens with one attached hydrogen (secondary N) is 1. The van der Waals surface area contributed by atoms with Gasteiger partial charge in [-0.1, -0.05) is 18.2 Å². The van der Waals surface area contributed by atoms with Gasteiger partial charge in [-0.05, 0) is 11.6 Å². The summed E-state index contributed by atoms with van der Waals surface area (Å²) in [6.45, 7) is 0. The van der Waals surface area contributed by atoms with Gasteiger partial charge in [-0.2, -0.15) is 0 Å². The van der Waals surface area contributed by atoms with Crippen LogP contribution in [0.15, 0.2) is 36.5 Å². The van der Waals surface area contributed by atoms with Crippen LogP contribution < -0.4 is 0 Å². The minimum Gasteiger partial charge on any atom is -0.361 e. The van der Waals surface area contributed by atoms with Crippen molar-refractivity contribution in [3.8, 4) is 0 Å². The molecule has 0 aliphatic heterocycles. The number of H-pyrrole nitrogens is 1. The van der Waals surface area contributed by atoms with Crippen LogP contribution in [0.5, 0.6) is 0 Å². The van der Waals surface area contributed by atoms with E-state index in [0.29, 0.717) is 6.42 Å². The molecule has 0 aliphatic carbocycles. The van der Waals surface area contributed by atoms with Gasteiger partial charge in [0.2, 0.25) is 0 Å². The van der Waals surface area contributed by atoms with Gasteiger partial charge in [-0.15, -0.1) is 0 Å². The zero-order chi connectivity index (χ0) is 9.10. The number of carbonyl (C=O) groups excluding carboxylic acids is 1. The molecule has 0 saturated heterocycles. The Morgan fingerprint density at radius 1 is 1.38 bits per heavy atom. The van der Waals surface area contributed by atoms with E-state index < -0.39 is 0 Å². The highest BCUT2D eigenvalue weighted by Crippen LogP contribution is 2.17. The van der Waals surface area contributed by atoms with E-state index in [0.717, 1.165) is 11.1 Å². The Labute approximate surface area is 75.9 Å². The Hall–Kier alpha value is -1.79. The molecule has 13 heavy (non-hydrogen) atoms. The number of benzene rings is 1. The van der Waals surface area contributed by atoms with Crippen LogP contribution in [-0.2, 0) is 11.2 Å². The van der Waals surface area contributed by atoms with Crippen molar-refractivity contribution in [2.24, 2.45) is 0 Å². The Kier molecular flexibility index (Phi) is 1.99. The number of para-hydroxylation sites is 1. The lowest BCUT2D eigenvalue weighted by Crippen LogP contribution is -1.76. The maximum absolute atomic E-state index is 10.0. The normalized spacial score (nSPS) is 9.85. The molecule has 2 aromatic rings. The fourth-order valence-corrected chi connectivity index (χ4v) is 1.45. The van der Waals surface area contributed by atoms with Crippen LogP contribution in [-0.4, -0.2) is 10.9 Å². The van der Waals surface area contributed by atoms with Crippen molar-refractivity contribution >= 4 is 16.8 Å².